The zero-order chi connectivity index (χ0) is 19.8. The van der Waals surface area contributed by atoms with E-state index >= 15 is 0 Å². The lowest BCUT2D eigenvalue weighted by molar-refractivity contribution is -0.129. The Morgan fingerprint density at radius 1 is 1.21 bits per heavy atom. The predicted molar refractivity (Wildman–Crippen MR) is 103 cm³/mol. The molecule has 0 aromatic carbocycles. The van der Waals surface area contributed by atoms with Crippen molar-refractivity contribution in [2.24, 2.45) is 0 Å². The lowest BCUT2D eigenvalue weighted by atomic mass is 10.0. The molecule has 0 saturated heterocycles. The second-order valence-corrected chi connectivity index (χ2v) is 6.55. The van der Waals surface area contributed by atoms with E-state index in [0.717, 1.165) is 44.7 Å². The minimum Gasteiger partial charge on any atom is -0.378 e. The Morgan fingerprint density at radius 2 is 2.00 bits per heavy atom. The number of rotatable bonds is 4. The summed E-state index contributed by atoms with van der Waals surface area (Å²) in [4.78, 5) is 23.6. The van der Waals surface area contributed by atoms with Gasteiger partial charge in [0.15, 0.2) is 6.10 Å². The highest BCUT2D eigenvalue weighted by atomic mass is 16.5. The van der Waals surface area contributed by atoms with Gasteiger partial charge in [0.25, 0.3) is 5.91 Å². The molecule has 4 aromatic rings. The summed E-state index contributed by atoms with van der Waals surface area (Å²) < 4.78 is 5.30. The lowest BCUT2D eigenvalue weighted by Gasteiger charge is -2.10. The number of nitrogens with zero attached hydrogens (tertiary/aromatic N) is 3. The highest BCUT2D eigenvalue weighted by molar-refractivity contribution is 5.96. The minimum absolute atomic E-state index is 0.414. The van der Waals surface area contributed by atoms with Gasteiger partial charge in [-0.3, -0.25) is 9.78 Å². The van der Waals surface area contributed by atoms with Crippen LogP contribution >= 0.6 is 0 Å². The molecule has 142 valence electrons. The van der Waals surface area contributed by atoms with Crippen molar-refractivity contribution >= 4 is 16.9 Å². The van der Waals surface area contributed by atoms with Gasteiger partial charge in [0, 0.05) is 65.0 Å². The van der Waals surface area contributed by atoms with Crippen LogP contribution in [0.1, 0.15) is 23.1 Å². The average Bonchev–Trinajstić information content (AvgIpc) is 3.28. The molecule has 0 radical (unpaired) electrons. The van der Waals surface area contributed by atoms with Crippen LogP contribution in [-0.4, -0.2) is 38.2 Å². The van der Waals surface area contributed by atoms with E-state index in [1.807, 2.05) is 26.1 Å². The van der Waals surface area contributed by atoms with Gasteiger partial charge in [-0.05, 0) is 26.0 Å². The number of aryl methyl sites for hydroxylation is 2. The van der Waals surface area contributed by atoms with Crippen LogP contribution in [0.4, 0.5) is 0 Å². The number of amides is 1. The van der Waals surface area contributed by atoms with Crippen molar-refractivity contribution in [1.82, 2.24) is 25.4 Å². The third-order valence-corrected chi connectivity index (χ3v) is 4.74. The molecule has 1 amide bonds. The number of hydrogen-bond acceptors (Lipinski definition) is 6. The zero-order valence-corrected chi connectivity index (χ0v) is 15.6. The number of aliphatic hydroxyl groups excluding tert-OH is 1. The van der Waals surface area contributed by atoms with Crippen molar-refractivity contribution in [1.29, 1.82) is 0 Å². The zero-order valence-electron chi connectivity index (χ0n) is 15.6. The topological polar surface area (TPSA) is 117 Å². The third kappa shape index (κ3) is 2.93. The molecule has 0 fully saturated rings. The summed E-state index contributed by atoms with van der Waals surface area (Å²) in [6, 6.07) is 3.73. The minimum atomic E-state index is -1.28. The Labute approximate surface area is 160 Å². The van der Waals surface area contributed by atoms with E-state index in [1.165, 1.54) is 13.2 Å². The fourth-order valence-corrected chi connectivity index (χ4v) is 3.29. The fraction of sp³-hybridized carbons (Fsp3) is 0.200. The van der Waals surface area contributed by atoms with Gasteiger partial charge in [0.05, 0.1) is 5.69 Å². The monoisotopic (exact) mass is 377 g/mol. The van der Waals surface area contributed by atoms with Crippen LogP contribution in [0.15, 0.2) is 41.4 Å². The first-order valence-corrected chi connectivity index (χ1v) is 8.75. The van der Waals surface area contributed by atoms with Crippen LogP contribution < -0.4 is 5.32 Å². The Bertz CT molecular complexity index is 1160. The Balaban J connectivity index is 1.81. The molecule has 4 rings (SSSR count). The first kappa shape index (κ1) is 17.9. The molecule has 1 unspecified atom stereocenters. The van der Waals surface area contributed by atoms with E-state index in [2.05, 4.69) is 25.4 Å². The van der Waals surface area contributed by atoms with Gasteiger partial charge in [0.2, 0.25) is 0 Å². The predicted octanol–water partition coefficient (Wildman–Crippen LogP) is 2.68. The van der Waals surface area contributed by atoms with Gasteiger partial charge >= 0.3 is 0 Å². The molecule has 1 atom stereocenters. The number of fused-ring (bicyclic) bond motifs is 1. The largest absolute Gasteiger partial charge is 0.378 e. The first-order valence-electron chi connectivity index (χ1n) is 8.75. The highest BCUT2D eigenvalue weighted by Gasteiger charge is 2.19. The normalized spacial score (nSPS) is 12.3. The van der Waals surface area contributed by atoms with Crippen molar-refractivity contribution in [3.8, 4) is 22.3 Å². The van der Waals surface area contributed by atoms with Crippen molar-refractivity contribution in [3.05, 3.63) is 53.9 Å². The second kappa shape index (κ2) is 6.90. The van der Waals surface area contributed by atoms with Gasteiger partial charge in [-0.2, -0.15) is 0 Å². The summed E-state index contributed by atoms with van der Waals surface area (Å²) in [5.74, 6) is 0.250. The van der Waals surface area contributed by atoms with Crippen LogP contribution in [0.5, 0.6) is 0 Å². The number of aromatic amines is 1. The maximum atomic E-state index is 11.7. The van der Waals surface area contributed by atoms with E-state index in [0.29, 0.717) is 5.56 Å². The number of aromatic nitrogens is 4. The maximum Gasteiger partial charge on any atom is 0.253 e. The van der Waals surface area contributed by atoms with Crippen LogP contribution in [0.3, 0.4) is 0 Å². The summed E-state index contributed by atoms with van der Waals surface area (Å²) in [5.41, 5.74) is 5.42. The number of aliphatic hydroxyl groups is 1. The van der Waals surface area contributed by atoms with E-state index < -0.39 is 12.0 Å². The molecule has 0 spiro atoms. The van der Waals surface area contributed by atoms with Crippen LogP contribution in [-0.2, 0) is 4.79 Å². The Morgan fingerprint density at radius 3 is 2.71 bits per heavy atom. The molecule has 8 nitrogen and oxygen atoms in total. The SMILES string of the molecule is CNC(=O)C(O)c1cncc(-c2cnc3[nH]cc(-c4c(C)noc4C)c3c2)c1. The molecule has 28 heavy (non-hydrogen) atoms. The van der Waals surface area contributed by atoms with E-state index in [9.17, 15) is 9.90 Å². The molecule has 8 heteroatoms. The summed E-state index contributed by atoms with van der Waals surface area (Å²) in [5, 5.41) is 17.5. The molecule has 0 aliphatic carbocycles. The lowest BCUT2D eigenvalue weighted by Crippen LogP contribution is -2.25. The van der Waals surface area contributed by atoms with Crippen molar-refractivity contribution in [2.45, 2.75) is 20.0 Å². The standard InChI is InChI=1S/C20H19N5O3/c1-10-17(11(2)28-25-10)16-9-24-19-15(16)5-13(8-23-19)12-4-14(7-22-6-12)18(26)20(27)21-3/h4-9,18,26H,1-3H3,(H,21,27)(H,23,24). The van der Waals surface area contributed by atoms with Crippen LogP contribution in [0.25, 0.3) is 33.3 Å². The quantitative estimate of drug-likeness (QED) is 0.503. The fourth-order valence-electron chi connectivity index (χ4n) is 3.29. The number of carbonyl (C=O) groups is 1. The number of hydrogen-bond donors (Lipinski definition) is 3. The molecular weight excluding hydrogens is 358 g/mol. The summed E-state index contributed by atoms with van der Waals surface area (Å²) in [6.45, 7) is 3.77. The molecule has 0 aliphatic heterocycles. The number of H-pyrrole nitrogens is 1. The second-order valence-electron chi connectivity index (χ2n) is 6.55. The average molecular weight is 377 g/mol. The first-order chi connectivity index (χ1) is 13.5. The highest BCUT2D eigenvalue weighted by Crippen LogP contribution is 2.34. The molecule has 0 saturated carbocycles. The van der Waals surface area contributed by atoms with E-state index in [-0.39, 0.29) is 0 Å². The van der Waals surface area contributed by atoms with Gasteiger partial charge in [-0.15, -0.1) is 0 Å². The number of likely N-dealkylation sites (N-methyl/N-ethyl adjacent to an activating group) is 1. The van der Waals surface area contributed by atoms with Gasteiger partial charge < -0.3 is 19.9 Å². The van der Waals surface area contributed by atoms with Crippen molar-refractivity contribution in [3.63, 3.8) is 0 Å². The molecular formula is C20H19N5O3. The molecule has 0 bridgehead atoms. The third-order valence-electron chi connectivity index (χ3n) is 4.74. The smallest absolute Gasteiger partial charge is 0.253 e. The maximum absolute atomic E-state index is 11.7. The number of carbonyl (C=O) groups excluding carboxylic acids is 1. The van der Waals surface area contributed by atoms with Gasteiger partial charge in [0.1, 0.15) is 11.4 Å². The van der Waals surface area contributed by atoms with Crippen molar-refractivity contribution in [2.75, 3.05) is 7.05 Å². The van der Waals surface area contributed by atoms with E-state index in [4.69, 9.17) is 4.52 Å². The Hall–Kier alpha value is -3.52. The summed E-state index contributed by atoms with van der Waals surface area (Å²) in [7, 11) is 1.48. The van der Waals surface area contributed by atoms with Crippen LogP contribution in [0, 0.1) is 13.8 Å². The van der Waals surface area contributed by atoms with Crippen molar-refractivity contribution < 1.29 is 14.4 Å². The van der Waals surface area contributed by atoms with Gasteiger partial charge in [-0.25, -0.2) is 4.98 Å². The van der Waals surface area contributed by atoms with E-state index in [1.54, 1.807) is 18.5 Å². The molecule has 0 aliphatic rings. The number of nitrogens with one attached hydrogen (secondary N) is 2. The molecule has 4 aromatic heterocycles. The Kier molecular flexibility index (Phi) is 4.40. The number of pyridine rings is 2. The molecule has 3 N–H and O–H groups in total. The molecule has 4 heterocycles. The van der Waals surface area contributed by atoms with Gasteiger partial charge in [-0.1, -0.05) is 5.16 Å². The summed E-state index contributed by atoms with van der Waals surface area (Å²) in [6.07, 6.45) is 5.48. The van der Waals surface area contributed by atoms with Crippen LogP contribution in [0.2, 0.25) is 0 Å². The summed E-state index contributed by atoms with van der Waals surface area (Å²) >= 11 is 0.